The van der Waals surface area contributed by atoms with Crippen LogP contribution >= 0.6 is 11.6 Å². The maximum Gasteiger partial charge on any atom is 0.121 e. The van der Waals surface area contributed by atoms with E-state index in [1.54, 1.807) is 0 Å². The van der Waals surface area contributed by atoms with E-state index < -0.39 is 0 Å². The molecule has 17 heavy (non-hydrogen) atoms. The summed E-state index contributed by atoms with van der Waals surface area (Å²) >= 11 is 6.16. The number of hydrogen-bond acceptors (Lipinski definition) is 2. The van der Waals surface area contributed by atoms with Gasteiger partial charge in [0, 0.05) is 5.02 Å². The number of hydrogen-bond donors (Lipinski definition) is 1. The maximum absolute atomic E-state index is 6.16. The largest absolute Gasteiger partial charge is 0.465 e. The number of halogens is 1. The standard InChI is InChI=1S/C14H16ClNO/c1-10-7-8-14(17-10)13(16-2)9-11-5-3-4-6-12(11)15/h3-8,13,16H,9H2,1-2H3. The third-order valence-corrected chi connectivity index (χ3v) is 3.20. The Balaban J connectivity index is 2.18. The van der Waals surface area contributed by atoms with Gasteiger partial charge in [0.1, 0.15) is 11.5 Å². The number of benzene rings is 1. The highest BCUT2D eigenvalue weighted by molar-refractivity contribution is 6.31. The van der Waals surface area contributed by atoms with Crippen molar-refractivity contribution in [2.45, 2.75) is 19.4 Å². The highest BCUT2D eigenvalue weighted by atomic mass is 35.5. The van der Waals surface area contributed by atoms with Gasteiger partial charge < -0.3 is 9.73 Å². The van der Waals surface area contributed by atoms with Crippen molar-refractivity contribution in [3.8, 4) is 0 Å². The number of likely N-dealkylation sites (N-methyl/N-ethyl adjacent to an activating group) is 1. The minimum Gasteiger partial charge on any atom is -0.465 e. The summed E-state index contributed by atoms with van der Waals surface area (Å²) in [5.74, 6) is 1.88. The molecular weight excluding hydrogens is 234 g/mol. The molecule has 0 amide bonds. The van der Waals surface area contributed by atoms with Crippen molar-refractivity contribution < 1.29 is 4.42 Å². The zero-order valence-corrected chi connectivity index (χ0v) is 10.8. The van der Waals surface area contributed by atoms with Gasteiger partial charge in [-0.2, -0.15) is 0 Å². The molecule has 0 saturated heterocycles. The number of aryl methyl sites for hydroxylation is 1. The second kappa shape index (κ2) is 5.39. The maximum atomic E-state index is 6.16. The predicted octanol–water partition coefficient (Wildman–Crippen LogP) is 3.74. The fourth-order valence-electron chi connectivity index (χ4n) is 1.87. The van der Waals surface area contributed by atoms with E-state index in [1.807, 2.05) is 50.4 Å². The second-order valence-corrected chi connectivity index (χ2v) is 4.49. The van der Waals surface area contributed by atoms with E-state index in [0.29, 0.717) is 0 Å². The molecule has 1 N–H and O–H groups in total. The van der Waals surface area contributed by atoms with E-state index in [1.165, 1.54) is 0 Å². The molecule has 0 spiro atoms. The zero-order chi connectivity index (χ0) is 12.3. The average molecular weight is 250 g/mol. The molecule has 90 valence electrons. The molecule has 3 heteroatoms. The van der Waals surface area contributed by atoms with Gasteiger partial charge in [-0.1, -0.05) is 29.8 Å². The Hall–Kier alpha value is -1.25. The van der Waals surface area contributed by atoms with Crippen molar-refractivity contribution in [3.05, 3.63) is 58.5 Å². The second-order valence-electron chi connectivity index (χ2n) is 4.09. The lowest BCUT2D eigenvalue weighted by molar-refractivity contribution is 0.414. The molecule has 1 aromatic carbocycles. The van der Waals surface area contributed by atoms with E-state index >= 15 is 0 Å². The van der Waals surface area contributed by atoms with Crippen LogP contribution in [0, 0.1) is 6.92 Å². The lowest BCUT2D eigenvalue weighted by atomic mass is 10.0. The molecule has 0 fully saturated rings. The van der Waals surface area contributed by atoms with Crippen LogP contribution in [0.15, 0.2) is 40.8 Å². The molecule has 2 rings (SSSR count). The summed E-state index contributed by atoms with van der Waals surface area (Å²) in [5, 5.41) is 4.06. The molecule has 1 aromatic heterocycles. The van der Waals surface area contributed by atoms with Crippen molar-refractivity contribution in [1.29, 1.82) is 0 Å². The summed E-state index contributed by atoms with van der Waals surface area (Å²) in [6.45, 7) is 1.95. The Bertz CT molecular complexity index is 492. The van der Waals surface area contributed by atoms with Crippen LogP contribution in [0.3, 0.4) is 0 Å². The monoisotopic (exact) mass is 249 g/mol. The Morgan fingerprint density at radius 3 is 2.59 bits per heavy atom. The SMILES string of the molecule is CNC(Cc1ccccc1Cl)c1ccc(C)o1. The normalized spacial score (nSPS) is 12.6. The van der Waals surface area contributed by atoms with Crippen LogP contribution in [-0.4, -0.2) is 7.05 Å². The molecule has 0 aliphatic rings. The van der Waals surface area contributed by atoms with Gasteiger partial charge in [0.25, 0.3) is 0 Å². The minimum absolute atomic E-state index is 0.156. The summed E-state index contributed by atoms with van der Waals surface area (Å²) in [6.07, 6.45) is 0.823. The molecule has 2 aromatic rings. The molecule has 0 radical (unpaired) electrons. The van der Waals surface area contributed by atoms with Gasteiger partial charge in [0.2, 0.25) is 0 Å². The van der Waals surface area contributed by atoms with Gasteiger partial charge >= 0.3 is 0 Å². The molecule has 0 aliphatic heterocycles. The van der Waals surface area contributed by atoms with Gasteiger partial charge in [-0.05, 0) is 44.2 Å². The van der Waals surface area contributed by atoms with E-state index in [2.05, 4.69) is 5.32 Å². The van der Waals surface area contributed by atoms with Gasteiger partial charge in [-0.25, -0.2) is 0 Å². The molecular formula is C14H16ClNO. The highest BCUT2D eigenvalue weighted by Gasteiger charge is 2.14. The van der Waals surface area contributed by atoms with Crippen LogP contribution in [0.5, 0.6) is 0 Å². The summed E-state index contributed by atoms with van der Waals surface area (Å²) < 4.78 is 5.64. The fourth-order valence-corrected chi connectivity index (χ4v) is 2.08. The van der Waals surface area contributed by atoms with Crippen molar-refractivity contribution in [3.63, 3.8) is 0 Å². The summed E-state index contributed by atoms with van der Waals surface area (Å²) in [6, 6.07) is 12.0. The molecule has 1 unspecified atom stereocenters. The first-order chi connectivity index (χ1) is 8.20. The van der Waals surface area contributed by atoms with E-state index in [4.69, 9.17) is 16.0 Å². The van der Waals surface area contributed by atoms with E-state index in [9.17, 15) is 0 Å². The fraction of sp³-hybridized carbons (Fsp3) is 0.286. The summed E-state index contributed by atoms with van der Waals surface area (Å²) in [5.41, 5.74) is 1.13. The Kier molecular flexibility index (Phi) is 3.87. The minimum atomic E-state index is 0.156. The number of rotatable bonds is 4. The van der Waals surface area contributed by atoms with Crippen molar-refractivity contribution in [2.24, 2.45) is 0 Å². The van der Waals surface area contributed by atoms with E-state index in [0.717, 1.165) is 28.5 Å². The van der Waals surface area contributed by atoms with E-state index in [-0.39, 0.29) is 6.04 Å². The lowest BCUT2D eigenvalue weighted by Crippen LogP contribution is -2.18. The molecule has 0 bridgehead atoms. The molecule has 0 aliphatic carbocycles. The first-order valence-corrected chi connectivity index (χ1v) is 6.05. The smallest absolute Gasteiger partial charge is 0.121 e. The third-order valence-electron chi connectivity index (χ3n) is 2.83. The molecule has 1 atom stereocenters. The van der Waals surface area contributed by atoms with Crippen molar-refractivity contribution >= 4 is 11.6 Å². The quantitative estimate of drug-likeness (QED) is 0.893. The van der Waals surface area contributed by atoms with Gasteiger partial charge in [0.05, 0.1) is 6.04 Å². The van der Waals surface area contributed by atoms with Crippen LogP contribution < -0.4 is 5.32 Å². The van der Waals surface area contributed by atoms with Crippen LogP contribution in [0.2, 0.25) is 5.02 Å². The van der Waals surface area contributed by atoms with Gasteiger partial charge in [-0.15, -0.1) is 0 Å². The Morgan fingerprint density at radius 1 is 1.24 bits per heavy atom. The molecule has 2 nitrogen and oxygen atoms in total. The predicted molar refractivity (Wildman–Crippen MR) is 70.4 cm³/mol. The summed E-state index contributed by atoms with van der Waals surface area (Å²) in [4.78, 5) is 0. The Labute approximate surface area is 107 Å². The Morgan fingerprint density at radius 2 is 2.00 bits per heavy atom. The van der Waals surface area contributed by atoms with Crippen LogP contribution in [0.1, 0.15) is 23.1 Å². The van der Waals surface area contributed by atoms with Crippen LogP contribution in [-0.2, 0) is 6.42 Å². The first-order valence-electron chi connectivity index (χ1n) is 5.67. The topological polar surface area (TPSA) is 25.2 Å². The van der Waals surface area contributed by atoms with Crippen LogP contribution in [0.25, 0.3) is 0 Å². The summed E-state index contributed by atoms with van der Waals surface area (Å²) in [7, 11) is 1.93. The molecule has 1 heterocycles. The van der Waals surface area contributed by atoms with Gasteiger partial charge in [0.15, 0.2) is 0 Å². The number of nitrogens with one attached hydrogen (secondary N) is 1. The third kappa shape index (κ3) is 2.90. The highest BCUT2D eigenvalue weighted by Crippen LogP contribution is 2.24. The lowest BCUT2D eigenvalue weighted by Gasteiger charge is -2.14. The van der Waals surface area contributed by atoms with Crippen LogP contribution in [0.4, 0.5) is 0 Å². The number of furan rings is 1. The molecule has 0 saturated carbocycles. The van der Waals surface area contributed by atoms with Crippen molar-refractivity contribution in [1.82, 2.24) is 5.32 Å². The first kappa shape index (κ1) is 12.2. The van der Waals surface area contributed by atoms with Crippen molar-refractivity contribution in [2.75, 3.05) is 7.05 Å². The van der Waals surface area contributed by atoms with Gasteiger partial charge in [-0.3, -0.25) is 0 Å². The zero-order valence-electron chi connectivity index (χ0n) is 10.0. The average Bonchev–Trinajstić information content (AvgIpc) is 2.75.